The summed E-state index contributed by atoms with van der Waals surface area (Å²) in [6.45, 7) is 3.98. The minimum absolute atomic E-state index is 0.200. The molecule has 3 rings (SSSR count). The van der Waals surface area contributed by atoms with E-state index in [1.54, 1.807) is 18.2 Å². The summed E-state index contributed by atoms with van der Waals surface area (Å²) in [7, 11) is 0. The lowest BCUT2D eigenvalue weighted by Gasteiger charge is -2.04. The average Bonchev–Trinajstić information content (AvgIpc) is 2.91. The Morgan fingerprint density at radius 1 is 1.09 bits per heavy atom. The number of nitrogens with one attached hydrogen (secondary N) is 1. The van der Waals surface area contributed by atoms with E-state index in [1.165, 1.54) is 11.3 Å². The van der Waals surface area contributed by atoms with Gasteiger partial charge in [-0.15, -0.1) is 0 Å². The van der Waals surface area contributed by atoms with E-state index in [9.17, 15) is 4.79 Å². The Labute approximate surface area is 141 Å². The molecule has 22 heavy (non-hydrogen) atoms. The van der Waals surface area contributed by atoms with Gasteiger partial charge in [0.25, 0.3) is 5.91 Å². The highest BCUT2D eigenvalue weighted by atomic mass is 35.5. The van der Waals surface area contributed by atoms with Crippen molar-refractivity contribution in [2.45, 2.75) is 13.8 Å². The van der Waals surface area contributed by atoms with Gasteiger partial charge >= 0.3 is 0 Å². The standard InChI is InChI=1S/C16H12Cl2N2OS/c1-8-3-4-10(7-9(8)2)15(21)20-16-19-13-11(17)5-6-12(18)14(13)22-16/h3-7H,1-2H3,(H,19,20,21). The largest absolute Gasteiger partial charge is 0.298 e. The third kappa shape index (κ3) is 2.82. The van der Waals surface area contributed by atoms with Crippen molar-refractivity contribution in [3.8, 4) is 0 Å². The number of fused-ring (bicyclic) bond motifs is 1. The number of hydrogen-bond acceptors (Lipinski definition) is 3. The van der Waals surface area contributed by atoms with E-state index >= 15 is 0 Å². The number of hydrogen-bond donors (Lipinski definition) is 1. The first-order valence-corrected chi connectivity index (χ1v) is 8.16. The summed E-state index contributed by atoms with van der Waals surface area (Å²) in [6, 6.07) is 9.00. The van der Waals surface area contributed by atoms with Gasteiger partial charge in [-0.25, -0.2) is 4.98 Å². The van der Waals surface area contributed by atoms with Crippen LogP contribution in [-0.4, -0.2) is 10.9 Å². The Hall–Kier alpha value is -1.62. The van der Waals surface area contributed by atoms with Crippen molar-refractivity contribution in [3.63, 3.8) is 0 Å². The molecule has 1 heterocycles. The quantitative estimate of drug-likeness (QED) is 0.665. The second-order valence-corrected chi connectivity index (χ2v) is 6.79. The van der Waals surface area contributed by atoms with E-state index in [2.05, 4.69) is 10.3 Å². The van der Waals surface area contributed by atoms with Crippen molar-refractivity contribution in [1.29, 1.82) is 0 Å². The van der Waals surface area contributed by atoms with Gasteiger partial charge in [-0.05, 0) is 49.2 Å². The summed E-state index contributed by atoms with van der Waals surface area (Å²) in [6.07, 6.45) is 0. The zero-order chi connectivity index (χ0) is 15.9. The molecule has 0 unspecified atom stereocenters. The molecule has 0 atom stereocenters. The predicted molar refractivity (Wildman–Crippen MR) is 93.5 cm³/mol. The first-order chi connectivity index (χ1) is 10.5. The van der Waals surface area contributed by atoms with E-state index in [0.717, 1.165) is 15.8 Å². The number of nitrogens with zero attached hydrogens (tertiary/aromatic N) is 1. The number of thiazole rings is 1. The molecule has 0 spiro atoms. The topological polar surface area (TPSA) is 42.0 Å². The van der Waals surface area contributed by atoms with Crippen molar-refractivity contribution in [1.82, 2.24) is 4.98 Å². The molecular formula is C16H12Cl2N2OS. The predicted octanol–water partition coefficient (Wildman–Crippen LogP) is 5.47. The summed E-state index contributed by atoms with van der Waals surface area (Å²) in [5.74, 6) is -0.200. The van der Waals surface area contributed by atoms with E-state index in [1.807, 2.05) is 26.0 Å². The number of aryl methyl sites for hydroxylation is 2. The summed E-state index contributed by atoms with van der Waals surface area (Å²) in [4.78, 5) is 16.7. The average molecular weight is 351 g/mol. The van der Waals surface area contributed by atoms with E-state index in [-0.39, 0.29) is 5.91 Å². The number of anilines is 1. The fourth-order valence-electron chi connectivity index (χ4n) is 2.05. The second-order valence-electron chi connectivity index (χ2n) is 4.98. The van der Waals surface area contributed by atoms with Crippen LogP contribution in [0.5, 0.6) is 0 Å². The molecule has 2 aromatic carbocycles. The van der Waals surface area contributed by atoms with Gasteiger partial charge in [-0.1, -0.05) is 40.6 Å². The van der Waals surface area contributed by atoms with Crippen molar-refractivity contribution >= 4 is 55.8 Å². The maximum absolute atomic E-state index is 12.3. The van der Waals surface area contributed by atoms with Gasteiger partial charge in [0, 0.05) is 5.56 Å². The zero-order valence-corrected chi connectivity index (χ0v) is 14.2. The molecule has 1 N–H and O–H groups in total. The summed E-state index contributed by atoms with van der Waals surface area (Å²) >= 11 is 13.5. The van der Waals surface area contributed by atoms with Crippen LogP contribution >= 0.6 is 34.5 Å². The molecule has 0 aliphatic rings. The van der Waals surface area contributed by atoms with Crippen LogP contribution in [0.1, 0.15) is 21.5 Å². The molecule has 0 saturated carbocycles. The van der Waals surface area contributed by atoms with E-state index in [0.29, 0.717) is 26.3 Å². The first-order valence-electron chi connectivity index (χ1n) is 6.59. The Morgan fingerprint density at radius 3 is 2.50 bits per heavy atom. The lowest BCUT2D eigenvalue weighted by Crippen LogP contribution is -2.11. The number of carbonyl (C=O) groups excluding carboxylic acids is 1. The number of halogens is 2. The van der Waals surface area contributed by atoms with Gasteiger partial charge in [-0.3, -0.25) is 10.1 Å². The zero-order valence-electron chi connectivity index (χ0n) is 11.9. The lowest BCUT2D eigenvalue weighted by molar-refractivity contribution is 0.102. The highest BCUT2D eigenvalue weighted by Crippen LogP contribution is 2.36. The van der Waals surface area contributed by atoms with Gasteiger partial charge < -0.3 is 0 Å². The minimum atomic E-state index is -0.200. The molecule has 112 valence electrons. The monoisotopic (exact) mass is 350 g/mol. The normalized spacial score (nSPS) is 10.9. The van der Waals surface area contributed by atoms with Crippen LogP contribution in [0.15, 0.2) is 30.3 Å². The lowest BCUT2D eigenvalue weighted by atomic mass is 10.1. The van der Waals surface area contributed by atoms with Crippen molar-refractivity contribution in [2.24, 2.45) is 0 Å². The Bertz CT molecular complexity index is 850. The maximum Gasteiger partial charge on any atom is 0.257 e. The Balaban J connectivity index is 1.92. The molecule has 1 aromatic heterocycles. The Kier molecular flexibility index (Phi) is 4.08. The molecule has 0 aliphatic heterocycles. The van der Waals surface area contributed by atoms with Crippen LogP contribution < -0.4 is 5.32 Å². The molecule has 6 heteroatoms. The van der Waals surface area contributed by atoms with Crippen LogP contribution in [-0.2, 0) is 0 Å². The van der Waals surface area contributed by atoms with Crippen LogP contribution in [0.4, 0.5) is 5.13 Å². The van der Waals surface area contributed by atoms with Crippen LogP contribution in [0, 0.1) is 13.8 Å². The number of rotatable bonds is 2. The second kappa shape index (κ2) is 5.88. The number of amides is 1. The van der Waals surface area contributed by atoms with Crippen molar-refractivity contribution in [2.75, 3.05) is 5.32 Å². The molecule has 0 bridgehead atoms. The van der Waals surface area contributed by atoms with Crippen LogP contribution in [0.25, 0.3) is 10.2 Å². The number of carbonyl (C=O) groups is 1. The van der Waals surface area contributed by atoms with Gasteiger partial charge in [0.05, 0.1) is 14.7 Å². The maximum atomic E-state index is 12.3. The summed E-state index contributed by atoms with van der Waals surface area (Å²) in [5, 5.41) is 4.37. The summed E-state index contributed by atoms with van der Waals surface area (Å²) in [5.41, 5.74) is 3.42. The molecular weight excluding hydrogens is 339 g/mol. The van der Waals surface area contributed by atoms with Crippen molar-refractivity contribution in [3.05, 3.63) is 57.1 Å². The first kappa shape index (κ1) is 15.3. The van der Waals surface area contributed by atoms with Crippen LogP contribution in [0.2, 0.25) is 10.0 Å². The highest BCUT2D eigenvalue weighted by molar-refractivity contribution is 7.23. The highest BCUT2D eigenvalue weighted by Gasteiger charge is 2.14. The molecule has 0 saturated heterocycles. The number of aromatic nitrogens is 1. The van der Waals surface area contributed by atoms with Crippen molar-refractivity contribution < 1.29 is 4.79 Å². The SMILES string of the molecule is Cc1ccc(C(=O)Nc2nc3c(Cl)ccc(Cl)c3s2)cc1C. The van der Waals surface area contributed by atoms with Crippen LogP contribution in [0.3, 0.4) is 0 Å². The molecule has 3 nitrogen and oxygen atoms in total. The van der Waals surface area contributed by atoms with Gasteiger partial charge in [0.1, 0.15) is 5.52 Å². The fourth-order valence-corrected chi connectivity index (χ4v) is 3.47. The van der Waals surface area contributed by atoms with E-state index in [4.69, 9.17) is 23.2 Å². The Morgan fingerprint density at radius 2 is 1.82 bits per heavy atom. The molecule has 0 aliphatic carbocycles. The summed E-state index contributed by atoms with van der Waals surface area (Å²) < 4.78 is 0.768. The smallest absolute Gasteiger partial charge is 0.257 e. The molecule has 3 aromatic rings. The third-order valence-electron chi connectivity index (χ3n) is 3.44. The van der Waals surface area contributed by atoms with Gasteiger partial charge in [0.15, 0.2) is 5.13 Å². The van der Waals surface area contributed by atoms with Gasteiger partial charge in [0.2, 0.25) is 0 Å². The molecule has 1 amide bonds. The third-order valence-corrected chi connectivity index (χ3v) is 5.17. The minimum Gasteiger partial charge on any atom is -0.298 e. The fraction of sp³-hybridized carbons (Fsp3) is 0.125. The molecule has 0 fully saturated rings. The molecule has 0 radical (unpaired) electrons. The van der Waals surface area contributed by atoms with E-state index < -0.39 is 0 Å². The van der Waals surface area contributed by atoms with Gasteiger partial charge in [-0.2, -0.15) is 0 Å². The number of benzene rings is 2.